The van der Waals surface area contributed by atoms with E-state index in [9.17, 15) is 0 Å². The zero-order chi connectivity index (χ0) is 15.5. The first-order valence-electron chi connectivity index (χ1n) is 8.64. The highest BCUT2D eigenvalue weighted by Gasteiger charge is 2.26. The number of piperidine rings is 1. The van der Waals surface area contributed by atoms with Crippen molar-refractivity contribution in [1.82, 2.24) is 14.9 Å². The van der Waals surface area contributed by atoms with Crippen molar-refractivity contribution in [3.05, 3.63) is 65.2 Å². The van der Waals surface area contributed by atoms with Crippen molar-refractivity contribution in [3.63, 3.8) is 0 Å². The van der Waals surface area contributed by atoms with Gasteiger partial charge in [0.05, 0.1) is 0 Å². The molecule has 0 amide bonds. The van der Waals surface area contributed by atoms with Crippen LogP contribution in [0.25, 0.3) is 6.08 Å². The first-order valence-corrected chi connectivity index (χ1v) is 8.64. The second-order valence-electron chi connectivity index (χ2n) is 6.71. The summed E-state index contributed by atoms with van der Waals surface area (Å²) in [7, 11) is 0. The van der Waals surface area contributed by atoms with Crippen molar-refractivity contribution >= 4 is 6.08 Å². The van der Waals surface area contributed by atoms with Gasteiger partial charge >= 0.3 is 0 Å². The summed E-state index contributed by atoms with van der Waals surface area (Å²) in [6.45, 7) is 3.23. The molecular weight excluding hydrogens is 282 g/mol. The summed E-state index contributed by atoms with van der Waals surface area (Å²) in [5, 5.41) is 0. The summed E-state index contributed by atoms with van der Waals surface area (Å²) in [4.78, 5) is 11.6. The zero-order valence-electron chi connectivity index (χ0n) is 13.5. The molecule has 1 saturated carbocycles. The lowest BCUT2D eigenvalue weighted by molar-refractivity contribution is 0.248. The second-order valence-corrected chi connectivity index (χ2v) is 6.71. The zero-order valence-corrected chi connectivity index (χ0v) is 13.5. The molecule has 1 aliphatic heterocycles. The van der Waals surface area contributed by atoms with Crippen molar-refractivity contribution in [2.45, 2.75) is 38.1 Å². The predicted octanol–water partition coefficient (Wildman–Crippen LogP) is 4.03. The first kappa shape index (κ1) is 14.6. The van der Waals surface area contributed by atoms with Crippen LogP contribution in [-0.4, -0.2) is 28.0 Å². The SMILES string of the molecule is C(=C1CCN(Cc2cnc(C3CC3)nc2)CC1)c1ccccc1. The van der Waals surface area contributed by atoms with Gasteiger partial charge < -0.3 is 0 Å². The number of rotatable bonds is 4. The Hall–Kier alpha value is -2.00. The van der Waals surface area contributed by atoms with Crippen LogP contribution >= 0.6 is 0 Å². The fourth-order valence-corrected chi connectivity index (χ4v) is 3.18. The van der Waals surface area contributed by atoms with Crippen LogP contribution in [0.5, 0.6) is 0 Å². The third kappa shape index (κ3) is 3.85. The summed E-state index contributed by atoms with van der Waals surface area (Å²) in [6.07, 6.45) is 11.3. The fraction of sp³-hybridized carbons (Fsp3) is 0.400. The lowest BCUT2D eigenvalue weighted by Crippen LogP contribution is -2.30. The van der Waals surface area contributed by atoms with E-state index < -0.39 is 0 Å². The van der Waals surface area contributed by atoms with E-state index in [0.717, 1.165) is 38.3 Å². The molecule has 0 radical (unpaired) electrons. The van der Waals surface area contributed by atoms with Crippen LogP contribution in [0.15, 0.2) is 48.3 Å². The van der Waals surface area contributed by atoms with Gasteiger partial charge in [-0.25, -0.2) is 9.97 Å². The molecule has 0 unspecified atom stereocenters. The number of hydrogen-bond acceptors (Lipinski definition) is 3. The number of likely N-dealkylation sites (tertiary alicyclic amines) is 1. The highest BCUT2D eigenvalue weighted by Crippen LogP contribution is 2.37. The number of nitrogens with zero attached hydrogens (tertiary/aromatic N) is 3. The van der Waals surface area contributed by atoms with E-state index in [2.05, 4.69) is 51.3 Å². The molecule has 1 aromatic heterocycles. The van der Waals surface area contributed by atoms with Crippen molar-refractivity contribution < 1.29 is 0 Å². The summed E-state index contributed by atoms with van der Waals surface area (Å²) in [5.41, 5.74) is 4.12. The molecule has 4 rings (SSSR count). The van der Waals surface area contributed by atoms with Gasteiger partial charge in [-0.1, -0.05) is 42.0 Å². The van der Waals surface area contributed by atoms with E-state index in [4.69, 9.17) is 0 Å². The average molecular weight is 305 g/mol. The van der Waals surface area contributed by atoms with E-state index in [1.54, 1.807) is 5.57 Å². The molecule has 0 bridgehead atoms. The Morgan fingerprint density at radius 3 is 2.35 bits per heavy atom. The Labute approximate surface area is 138 Å². The Bertz CT molecular complexity index is 662. The van der Waals surface area contributed by atoms with Crippen molar-refractivity contribution in [3.8, 4) is 0 Å². The van der Waals surface area contributed by atoms with E-state index in [0.29, 0.717) is 5.92 Å². The normalized spacial score (nSPS) is 18.9. The molecule has 0 N–H and O–H groups in total. The van der Waals surface area contributed by atoms with Crippen molar-refractivity contribution in [1.29, 1.82) is 0 Å². The van der Waals surface area contributed by atoms with Crippen LogP contribution in [-0.2, 0) is 6.54 Å². The molecule has 2 fully saturated rings. The standard InChI is InChI=1S/C20H23N3/c1-2-4-16(5-3-1)12-17-8-10-23(11-9-17)15-18-13-21-20(22-14-18)19-6-7-19/h1-5,12-14,19H,6-11,15H2. The third-order valence-electron chi connectivity index (χ3n) is 4.74. The monoisotopic (exact) mass is 305 g/mol. The molecule has 2 aliphatic rings. The van der Waals surface area contributed by atoms with Crippen LogP contribution in [0.3, 0.4) is 0 Å². The molecule has 3 nitrogen and oxygen atoms in total. The maximum Gasteiger partial charge on any atom is 0.131 e. The summed E-state index contributed by atoms with van der Waals surface area (Å²) >= 11 is 0. The predicted molar refractivity (Wildman–Crippen MR) is 92.9 cm³/mol. The molecule has 118 valence electrons. The summed E-state index contributed by atoms with van der Waals surface area (Å²) in [6, 6.07) is 10.6. The Morgan fingerprint density at radius 1 is 1.00 bits per heavy atom. The minimum absolute atomic E-state index is 0.643. The van der Waals surface area contributed by atoms with Crippen LogP contribution in [0.4, 0.5) is 0 Å². The number of benzene rings is 1. The largest absolute Gasteiger partial charge is 0.298 e. The summed E-state index contributed by atoms with van der Waals surface area (Å²) < 4.78 is 0. The Kier molecular flexibility index (Phi) is 4.20. The fourth-order valence-electron chi connectivity index (χ4n) is 3.18. The molecule has 1 aliphatic carbocycles. The number of hydrogen-bond donors (Lipinski definition) is 0. The maximum absolute atomic E-state index is 4.53. The van der Waals surface area contributed by atoms with Gasteiger partial charge in [-0.05, 0) is 31.2 Å². The topological polar surface area (TPSA) is 29.0 Å². The first-order chi connectivity index (χ1) is 11.4. The molecule has 3 heteroatoms. The van der Waals surface area contributed by atoms with Gasteiger partial charge in [0, 0.05) is 43.5 Å². The van der Waals surface area contributed by atoms with Crippen LogP contribution < -0.4 is 0 Å². The number of aromatic nitrogens is 2. The smallest absolute Gasteiger partial charge is 0.131 e. The van der Waals surface area contributed by atoms with Crippen LogP contribution in [0.1, 0.15) is 48.6 Å². The highest BCUT2D eigenvalue weighted by molar-refractivity contribution is 5.52. The minimum Gasteiger partial charge on any atom is -0.298 e. The van der Waals surface area contributed by atoms with Gasteiger partial charge in [-0.15, -0.1) is 0 Å². The van der Waals surface area contributed by atoms with E-state index in [1.165, 1.54) is 24.0 Å². The molecule has 1 saturated heterocycles. The van der Waals surface area contributed by atoms with Gasteiger partial charge in [0.25, 0.3) is 0 Å². The van der Waals surface area contributed by atoms with Gasteiger partial charge in [0.1, 0.15) is 5.82 Å². The third-order valence-corrected chi connectivity index (χ3v) is 4.74. The van der Waals surface area contributed by atoms with Crippen LogP contribution in [0, 0.1) is 0 Å². The van der Waals surface area contributed by atoms with Gasteiger partial charge in [0.15, 0.2) is 0 Å². The maximum atomic E-state index is 4.53. The van der Waals surface area contributed by atoms with Crippen molar-refractivity contribution in [2.75, 3.05) is 13.1 Å². The van der Waals surface area contributed by atoms with E-state index >= 15 is 0 Å². The Balaban J connectivity index is 1.31. The van der Waals surface area contributed by atoms with Crippen molar-refractivity contribution in [2.24, 2.45) is 0 Å². The average Bonchev–Trinajstić information content (AvgIpc) is 3.43. The quantitative estimate of drug-likeness (QED) is 0.854. The second kappa shape index (κ2) is 6.63. The molecule has 23 heavy (non-hydrogen) atoms. The van der Waals surface area contributed by atoms with Gasteiger partial charge in [-0.2, -0.15) is 0 Å². The molecule has 2 heterocycles. The lowest BCUT2D eigenvalue weighted by atomic mass is 10.0. The van der Waals surface area contributed by atoms with E-state index in [-0.39, 0.29) is 0 Å². The molecular formula is C20H23N3. The van der Waals surface area contributed by atoms with Crippen LogP contribution in [0.2, 0.25) is 0 Å². The summed E-state index contributed by atoms with van der Waals surface area (Å²) in [5.74, 6) is 1.69. The highest BCUT2D eigenvalue weighted by atomic mass is 15.1. The Morgan fingerprint density at radius 2 is 1.70 bits per heavy atom. The minimum atomic E-state index is 0.643. The molecule has 0 atom stereocenters. The molecule has 0 spiro atoms. The lowest BCUT2D eigenvalue weighted by Gasteiger charge is -2.28. The molecule has 2 aromatic rings. The van der Waals surface area contributed by atoms with E-state index in [1.807, 2.05) is 12.4 Å². The van der Waals surface area contributed by atoms with Gasteiger partial charge in [0.2, 0.25) is 0 Å². The van der Waals surface area contributed by atoms with Gasteiger partial charge in [-0.3, -0.25) is 4.90 Å². The molecule has 1 aromatic carbocycles.